The molecule has 1 amide bonds. The largest absolute Gasteiger partial charge is 0.503 e. The van der Waals surface area contributed by atoms with Gasteiger partial charge in [-0.1, -0.05) is 41.7 Å². The number of benzene rings is 1. The average molecular weight is 367 g/mol. The lowest BCUT2D eigenvalue weighted by Gasteiger charge is -2.23. The number of Topliss-reactive ketones (excluding diaryl/α,β-unsaturated/α-hetero) is 1. The average Bonchev–Trinajstić information content (AvgIpc) is 3.37. The van der Waals surface area contributed by atoms with Crippen LogP contribution in [0.4, 0.5) is 5.13 Å². The molecule has 1 aromatic carbocycles. The maximum atomic E-state index is 12.9. The number of aromatic nitrogens is 2. The minimum Gasteiger partial charge on any atom is -0.503 e. The highest BCUT2D eigenvalue weighted by Gasteiger charge is 2.46. The fourth-order valence-corrected chi connectivity index (χ4v) is 3.62. The molecule has 2 aromatic heterocycles. The topological polar surface area (TPSA) is 96.5 Å². The molecule has 1 aliphatic heterocycles. The van der Waals surface area contributed by atoms with Gasteiger partial charge in [0, 0.05) is 0 Å². The third-order valence-corrected chi connectivity index (χ3v) is 4.87. The van der Waals surface area contributed by atoms with Gasteiger partial charge in [-0.15, -0.1) is 10.2 Å². The maximum Gasteiger partial charge on any atom is 0.296 e. The van der Waals surface area contributed by atoms with Crippen LogP contribution in [0.1, 0.15) is 27.2 Å². The second-order valence-electron chi connectivity index (χ2n) is 5.66. The van der Waals surface area contributed by atoms with Gasteiger partial charge in [-0.3, -0.25) is 14.5 Å². The van der Waals surface area contributed by atoms with Crippen LogP contribution in [-0.2, 0) is 4.79 Å². The molecule has 3 aromatic rings. The molecule has 0 radical (unpaired) electrons. The SMILES string of the molecule is Cc1nnc(N2C(=O)C(O)=C(C(=O)c3ccco3)[C@H]2c2ccccc2)s1. The fourth-order valence-electron chi connectivity index (χ4n) is 2.91. The second-order valence-corrected chi connectivity index (χ2v) is 6.82. The lowest BCUT2D eigenvalue weighted by molar-refractivity contribution is -0.117. The molecule has 8 heteroatoms. The van der Waals surface area contributed by atoms with E-state index in [4.69, 9.17) is 4.42 Å². The Bertz CT molecular complexity index is 1010. The molecule has 0 spiro atoms. The number of aliphatic hydroxyl groups is 1. The van der Waals surface area contributed by atoms with Crippen LogP contribution < -0.4 is 4.90 Å². The van der Waals surface area contributed by atoms with Crippen molar-refractivity contribution in [3.05, 3.63) is 76.4 Å². The van der Waals surface area contributed by atoms with Crippen LogP contribution in [-0.4, -0.2) is 27.0 Å². The number of carbonyl (C=O) groups excluding carboxylic acids is 2. The molecule has 4 rings (SSSR count). The normalized spacial score (nSPS) is 17.2. The molecule has 0 saturated carbocycles. The molecular formula is C18H13N3O4S. The number of anilines is 1. The van der Waals surface area contributed by atoms with E-state index in [0.29, 0.717) is 15.7 Å². The fraction of sp³-hybridized carbons (Fsp3) is 0.111. The summed E-state index contributed by atoms with van der Waals surface area (Å²) >= 11 is 1.21. The van der Waals surface area contributed by atoms with Crippen LogP contribution in [0, 0.1) is 6.92 Å². The molecule has 1 N–H and O–H groups in total. The van der Waals surface area contributed by atoms with Gasteiger partial charge in [0.2, 0.25) is 10.9 Å². The number of aliphatic hydroxyl groups excluding tert-OH is 1. The summed E-state index contributed by atoms with van der Waals surface area (Å²) in [5.41, 5.74) is 0.636. The molecule has 0 saturated heterocycles. The highest BCUT2D eigenvalue weighted by molar-refractivity contribution is 7.15. The first kappa shape index (κ1) is 16.2. The number of aryl methyl sites for hydroxylation is 1. The minimum absolute atomic E-state index is 0.0380. The minimum atomic E-state index is -0.811. The highest BCUT2D eigenvalue weighted by atomic mass is 32.1. The highest BCUT2D eigenvalue weighted by Crippen LogP contribution is 2.42. The van der Waals surface area contributed by atoms with E-state index >= 15 is 0 Å². The summed E-state index contributed by atoms with van der Waals surface area (Å²) in [6, 6.07) is 11.3. The summed E-state index contributed by atoms with van der Waals surface area (Å²) in [6.07, 6.45) is 1.37. The zero-order chi connectivity index (χ0) is 18.3. The maximum absolute atomic E-state index is 12.9. The van der Waals surface area contributed by atoms with E-state index < -0.39 is 23.5 Å². The molecule has 0 unspecified atom stereocenters. The third-order valence-electron chi connectivity index (χ3n) is 4.03. The van der Waals surface area contributed by atoms with E-state index in [1.165, 1.54) is 28.6 Å². The Morgan fingerprint density at radius 1 is 1.19 bits per heavy atom. The van der Waals surface area contributed by atoms with Crippen molar-refractivity contribution in [2.24, 2.45) is 0 Å². The zero-order valence-electron chi connectivity index (χ0n) is 13.6. The van der Waals surface area contributed by atoms with E-state index in [0.717, 1.165) is 0 Å². The number of furan rings is 1. The summed E-state index contributed by atoms with van der Waals surface area (Å²) in [6.45, 7) is 1.77. The van der Waals surface area contributed by atoms with Crippen molar-refractivity contribution in [1.82, 2.24) is 10.2 Å². The van der Waals surface area contributed by atoms with Gasteiger partial charge in [-0.2, -0.15) is 0 Å². The van der Waals surface area contributed by atoms with Crippen molar-refractivity contribution in [2.75, 3.05) is 4.90 Å². The Morgan fingerprint density at radius 2 is 1.96 bits per heavy atom. The molecule has 0 aliphatic carbocycles. The van der Waals surface area contributed by atoms with Crippen molar-refractivity contribution < 1.29 is 19.1 Å². The lowest BCUT2D eigenvalue weighted by Crippen LogP contribution is -2.31. The molecule has 1 aliphatic rings. The zero-order valence-corrected chi connectivity index (χ0v) is 14.4. The summed E-state index contributed by atoms with van der Waals surface area (Å²) in [4.78, 5) is 27.0. The van der Waals surface area contributed by atoms with Gasteiger partial charge in [0.25, 0.3) is 5.91 Å². The van der Waals surface area contributed by atoms with Crippen LogP contribution in [0.25, 0.3) is 0 Å². The van der Waals surface area contributed by atoms with Crippen LogP contribution >= 0.6 is 11.3 Å². The Morgan fingerprint density at radius 3 is 2.58 bits per heavy atom. The molecule has 26 heavy (non-hydrogen) atoms. The Balaban J connectivity index is 1.88. The predicted octanol–water partition coefficient (Wildman–Crippen LogP) is 3.22. The first-order chi connectivity index (χ1) is 12.6. The van der Waals surface area contributed by atoms with Crippen molar-refractivity contribution in [3.63, 3.8) is 0 Å². The van der Waals surface area contributed by atoms with Crippen molar-refractivity contribution >= 4 is 28.2 Å². The molecule has 7 nitrogen and oxygen atoms in total. The van der Waals surface area contributed by atoms with Gasteiger partial charge in [-0.25, -0.2) is 0 Å². The van der Waals surface area contributed by atoms with E-state index in [2.05, 4.69) is 10.2 Å². The molecule has 130 valence electrons. The quantitative estimate of drug-likeness (QED) is 0.711. The van der Waals surface area contributed by atoms with Gasteiger partial charge in [0.05, 0.1) is 17.9 Å². The Kier molecular flexibility index (Phi) is 3.89. The van der Waals surface area contributed by atoms with Crippen molar-refractivity contribution in [2.45, 2.75) is 13.0 Å². The van der Waals surface area contributed by atoms with Gasteiger partial charge >= 0.3 is 0 Å². The van der Waals surface area contributed by atoms with E-state index in [1.807, 2.05) is 6.07 Å². The first-order valence-electron chi connectivity index (χ1n) is 7.78. The van der Waals surface area contributed by atoms with Crippen LogP contribution in [0.2, 0.25) is 0 Å². The van der Waals surface area contributed by atoms with E-state index in [9.17, 15) is 14.7 Å². The number of amides is 1. The Labute approximate surface area is 152 Å². The molecular weight excluding hydrogens is 354 g/mol. The first-order valence-corrected chi connectivity index (χ1v) is 8.59. The number of nitrogens with zero attached hydrogens (tertiary/aromatic N) is 3. The lowest BCUT2D eigenvalue weighted by atomic mass is 9.95. The van der Waals surface area contributed by atoms with Gasteiger partial charge in [-0.05, 0) is 24.6 Å². The molecule has 1 atom stereocenters. The summed E-state index contributed by atoms with van der Waals surface area (Å²) in [5.74, 6) is -1.79. The van der Waals surface area contributed by atoms with Crippen LogP contribution in [0.3, 0.4) is 0 Å². The monoisotopic (exact) mass is 367 g/mol. The summed E-state index contributed by atoms with van der Waals surface area (Å²) in [5, 5.41) is 19.4. The number of carbonyl (C=O) groups is 2. The molecule has 0 bridgehead atoms. The number of hydrogen-bond acceptors (Lipinski definition) is 7. The predicted molar refractivity (Wildman–Crippen MR) is 94.0 cm³/mol. The molecule has 3 heterocycles. The summed E-state index contributed by atoms with van der Waals surface area (Å²) < 4.78 is 5.17. The third kappa shape index (κ3) is 2.51. The molecule has 0 fully saturated rings. The Hall–Kier alpha value is -3.26. The smallest absolute Gasteiger partial charge is 0.296 e. The van der Waals surface area contributed by atoms with E-state index in [-0.39, 0.29) is 11.3 Å². The number of ketones is 1. The van der Waals surface area contributed by atoms with E-state index in [1.54, 1.807) is 37.3 Å². The van der Waals surface area contributed by atoms with Crippen LogP contribution in [0.5, 0.6) is 0 Å². The van der Waals surface area contributed by atoms with Crippen molar-refractivity contribution in [3.8, 4) is 0 Å². The second kappa shape index (κ2) is 6.23. The number of hydrogen-bond donors (Lipinski definition) is 1. The number of rotatable bonds is 4. The van der Waals surface area contributed by atoms with Gasteiger partial charge < -0.3 is 9.52 Å². The van der Waals surface area contributed by atoms with Gasteiger partial charge in [0.1, 0.15) is 5.01 Å². The standard InChI is InChI=1S/C18H13N3O4S/c1-10-19-20-18(26-10)21-14(11-6-3-2-4-7-11)13(16(23)17(21)24)15(22)12-8-5-9-25-12/h2-9,14,23H,1H3/t14-/m1/s1. The van der Waals surface area contributed by atoms with Crippen LogP contribution in [0.15, 0.2) is 64.5 Å². The van der Waals surface area contributed by atoms with Crippen molar-refractivity contribution in [1.29, 1.82) is 0 Å². The summed E-state index contributed by atoms with van der Waals surface area (Å²) in [7, 11) is 0. The van der Waals surface area contributed by atoms with Gasteiger partial charge in [0.15, 0.2) is 11.5 Å².